The third kappa shape index (κ3) is 4.70. The Morgan fingerprint density at radius 3 is 2.60 bits per heavy atom. The quantitative estimate of drug-likeness (QED) is 0.752. The number of aliphatic hydroxyl groups is 1. The summed E-state index contributed by atoms with van der Waals surface area (Å²) in [5.74, 6) is 0. The van der Waals surface area contributed by atoms with Crippen LogP contribution in [0.25, 0.3) is 0 Å². The van der Waals surface area contributed by atoms with Crippen LogP contribution >= 0.6 is 0 Å². The number of amides is 2. The van der Waals surface area contributed by atoms with Gasteiger partial charge in [0.15, 0.2) is 0 Å². The normalized spacial score (nSPS) is 11.8. The number of hydrogen-bond donors (Lipinski definition) is 2. The van der Waals surface area contributed by atoms with Gasteiger partial charge in [0.1, 0.15) is 0 Å². The van der Waals surface area contributed by atoms with E-state index in [0.29, 0.717) is 13.1 Å². The molecule has 0 saturated heterocycles. The van der Waals surface area contributed by atoms with Crippen molar-refractivity contribution in [1.82, 2.24) is 10.2 Å². The van der Waals surface area contributed by atoms with E-state index in [1.807, 2.05) is 19.1 Å². The Bertz CT molecular complexity index is 429. The Kier molecular flexibility index (Phi) is 6.81. The standard InChI is InChI=1S/C16H24N2O2/c1-4-10-18(11-12-19)16(20)17-13(3)15-8-6-14(5-2)7-9-15/h4,6-9,13,19H,1,5,10-12H2,2-3H3,(H,17,20). The Balaban J connectivity index is 2.64. The van der Waals surface area contributed by atoms with Crippen LogP contribution < -0.4 is 5.32 Å². The number of carbonyl (C=O) groups is 1. The molecule has 1 rings (SSSR count). The van der Waals surface area contributed by atoms with Crippen molar-refractivity contribution in [3.8, 4) is 0 Å². The van der Waals surface area contributed by atoms with Crippen molar-refractivity contribution < 1.29 is 9.90 Å². The van der Waals surface area contributed by atoms with E-state index in [2.05, 4.69) is 31.0 Å². The van der Waals surface area contributed by atoms with Gasteiger partial charge in [-0.15, -0.1) is 6.58 Å². The predicted molar refractivity (Wildman–Crippen MR) is 81.6 cm³/mol. The summed E-state index contributed by atoms with van der Waals surface area (Å²) >= 11 is 0. The van der Waals surface area contributed by atoms with Crippen LogP contribution in [0, 0.1) is 0 Å². The van der Waals surface area contributed by atoms with Crippen LogP contribution in [0.15, 0.2) is 36.9 Å². The van der Waals surface area contributed by atoms with Gasteiger partial charge in [-0.3, -0.25) is 0 Å². The smallest absolute Gasteiger partial charge is 0.318 e. The molecule has 2 N–H and O–H groups in total. The lowest BCUT2D eigenvalue weighted by Gasteiger charge is -2.23. The van der Waals surface area contributed by atoms with Crippen LogP contribution in [0.3, 0.4) is 0 Å². The molecule has 2 amide bonds. The van der Waals surface area contributed by atoms with Gasteiger partial charge in [-0.05, 0) is 24.5 Å². The maximum atomic E-state index is 12.1. The van der Waals surface area contributed by atoms with Crippen LogP contribution in [0.5, 0.6) is 0 Å². The van der Waals surface area contributed by atoms with Gasteiger partial charge in [0.2, 0.25) is 0 Å². The summed E-state index contributed by atoms with van der Waals surface area (Å²) in [6.45, 7) is 8.35. The number of carbonyl (C=O) groups excluding carboxylic acids is 1. The number of aliphatic hydroxyl groups excluding tert-OH is 1. The average Bonchev–Trinajstić information content (AvgIpc) is 2.47. The highest BCUT2D eigenvalue weighted by Crippen LogP contribution is 2.14. The van der Waals surface area contributed by atoms with E-state index in [9.17, 15) is 4.79 Å². The lowest BCUT2D eigenvalue weighted by molar-refractivity contribution is 0.181. The highest BCUT2D eigenvalue weighted by atomic mass is 16.3. The molecular weight excluding hydrogens is 252 g/mol. The molecule has 0 saturated carbocycles. The molecule has 1 unspecified atom stereocenters. The second-order valence-corrected chi connectivity index (χ2v) is 4.72. The van der Waals surface area contributed by atoms with Gasteiger partial charge in [-0.25, -0.2) is 4.79 Å². The van der Waals surface area contributed by atoms with E-state index in [1.165, 1.54) is 10.5 Å². The first-order valence-corrected chi connectivity index (χ1v) is 6.98. The monoisotopic (exact) mass is 276 g/mol. The van der Waals surface area contributed by atoms with E-state index in [0.717, 1.165) is 12.0 Å². The van der Waals surface area contributed by atoms with E-state index in [1.54, 1.807) is 6.08 Å². The van der Waals surface area contributed by atoms with Gasteiger partial charge in [0.05, 0.1) is 12.6 Å². The number of nitrogens with zero attached hydrogens (tertiary/aromatic N) is 1. The van der Waals surface area contributed by atoms with Gasteiger partial charge in [-0.1, -0.05) is 37.3 Å². The first-order chi connectivity index (χ1) is 9.62. The van der Waals surface area contributed by atoms with E-state index in [4.69, 9.17) is 5.11 Å². The number of urea groups is 1. The van der Waals surface area contributed by atoms with E-state index >= 15 is 0 Å². The van der Waals surface area contributed by atoms with Crippen molar-refractivity contribution in [3.63, 3.8) is 0 Å². The van der Waals surface area contributed by atoms with E-state index in [-0.39, 0.29) is 18.7 Å². The first kappa shape index (κ1) is 16.2. The maximum Gasteiger partial charge on any atom is 0.318 e. The van der Waals surface area contributed by atoms with Crippen LogP contribution in [0.2, 0.25) is 0 Å². The van der Waals surface area contributed by atoms with Crippen molar-refractivity contribution >= 4 is 6.03 Å². The summed E-state index contributed by atoms with van der Waals surface area (Å²) in [6, 6.07) is 7.97. The molecule has 0 fully saturated rings. The summed E-state index contributed by atoms with van der Waals surface area (Å²) in [5.41, 5.74) is 2.35. The Labute approximate surface area is 121 Å². The second-order valence-electron chi connectivity index (χ2n) is 4.72. The van der Waals surface area contributed by atoms with Gasteiger partial charge in [0.25, 0.3) is 0 Å². The van der Waals surface area contributed by atoms with Crippen molar-refractivity contribution in [2.75, 3.05) is 19.7 Å². The fraction of sp³-hybridized carbons (Fsp3) is 0.438. The Morgan fingerprint density at radius 2 is 2.10 bits per heavy atom. The largest absolute Gasteiger partial charge is 0.395 e. The fourth-order valence-electron chi connectivity index (χ4n) is 1.95. The Morgan fingerprint density at radius 1 is 1.45 bits per heavy atom. The minimum absolute atomic E-state index is 0.0547. The molecule has 20 heavy (non-hydrogen) atoms. The molecule has 0 radical (unpaired) electrons. The minimum atomic E-state index is -0.189. The zero-order valence-corrected chi connectivity index (χ0v) is 12.3. The lowest BCUT2D eigenvalue weighted by Crippen LogP contribution is -2.42. The third-order valence-corrected chi connectivity index (χ3v) is 3.23. The van der Waals surface area contributed by atoms with Gasteiger partial charge >= 0.3 is 6.03 Å². The zero-order chi connectivity index (χ0) is 15.0. The number of benzene rings is 1. The van der Waals surface area contributed by atoms with Crippen molar-refractivity contribution in [1.29, 1.82) is 0 Å². The molecule has 0 aliphatic heterocycles. The van der Waals surface area contributed by atoms with Gasteiger partial charge < -0.3 is 15.3 Å². The maximum absolute atomic E-state index is 12.1. The van der Waals surface area contributed by atoms with Gasteiger partial charge in [0, 0.05) is 13.1 Å². The zero-order valence-electron chi connectivity index (χ0n) is 12.3. The molecule has 0 bridgehead atoms. The van der Waals surface area contributed by atoms with Crippen molar-refractivity contribution in [3.05, 3.63) is 48.0 Å². The molecule has 0 aliphatic rings. The second kappa shape index (κ2) is 8.38. The third-order valence-electron chi connectivity index (χ3n) is 3.23. The molecule has 0 heterocycles. The number of hydrogen-bond acceptors (Lipinski definition) is 2. The van der Waals surface area contributed by atoms with Crippen LogP contribution in [0.4, 0.5) is 4.79 Å². The number of aryl methyl sites for hydroxylation is 1. The lowest BCUT2D eigenvalue weighted by atomic mass is 10.1. The van der Waals surface area contributed by atoms with Crippen molar-refractivity contribution in [2.45, 2.75) is 26.3 Å². The molecule has 0 aliphatic carbocycles. The van der Waals surface area contributed by atoms with Crippen LogP contribution in [0.1, 0.15) is 31.0 Å². The molecule has 1 aromatic carbocycles. The predicted octanol–water partition coefficient (Wildman–Crippen LogP) is 2.50. The molecule has 1 aromatic rings. The summed E-state index contributed by atoms with van der Waals surface area (Å²) < 4.78 is 0. The van der Waals surface area contributed by atoms with E-state index < -0.39 is 0 Å². The highest BCUT2D eigenvalue weighted by molar-refractivity contribution is 5.74. The van der Waals surface area contributed by atoms with Crippen LogP contribution in [-0.4, -0.2) is 35.7 Å². The number of nitrogens with one attached hydrogen (secondary N) is 1. The molecule has 0 spiro atoms. The summed E-state index contributed by atoms with van der Waals surface area (Å²) in [5, 5.41) is 11.9. The molecule has 0 aromatic heterocycles. The topological polar surface area (TPSA) is 52.6 Å². The molecule has 1 atom stereocenters. The minimum Gasteiger partial charge on any atom is -0.395 e. The highest BCUT2D eigenvalue weighted by Gasteiger charge is 2.14. The molecular formula is C16H24N2O2. The molecule has 4 nitrogen and oxygen atoms in total. The molecule has 4 heteroatoms. The van der Waals surface area contributed by atoms with Crippen molar-refractivity contribution in [2.24, 2.45) is 0 Å². The summed E-state index contributed by atoms with van der Waals surface area (Å²) in [4.78, 5) is 13.6. The molecule has 110 valence electrons. The fourth-order valence-corrected chi connectivity index (χ4v) is 1.95. The Hall–Kier alpha value is -1.81. The summed E-state index contributed by atoms with van der Waals surface area (Å²) in [6.07, 6.45) is 2.65. The number of rotatable bonds is 7. The summed E-state index contributed by atoms with van der Waals surface area (Å²) in [7, 11) is 0. The average molecular weight is 276 g/mol. The SMILES string of the molecule is C=CCN(CCO)C(=O)NC(C)c1ccc(CC)cc1. The van der Waals surface area contributed by atoms with Gasteiger partial charge in [-0.2, -0.15) is 0 Å². The van der Waals surface area contributed by atoms with Crippen LogP contribution in [-0.2, 0) is 6.42 Å². The first-order valence-electron chi connectivity index (χ1n) is 6.98.